The van der Waals surface area contributed by atoms with Crippen molar-refractivity contribution in [3.8, 4) is 11.1 Å². The SMILES string of the molecule is CN(C[C@H](O)CNC(C)(C)CCCC1CC=CS1)S(=O)(=O)c1cccc(-c2cccc(CCC(=O)O)c2)c1. The van der Waals surface area contributed by atoms with Gasteiger partial charge in [0.1, 0.15) is 0 Å². The van der Waals surface area contributed by atoms with Gasteiger partial charge in [-0.2, -0.15) is 4.31 Å². The van der Waals surface area contributed by atoms with E-state index in [1.807, 2.05) is 42.1 Å². The van der Waals surface area contributed by atoms with Crippen molar-refractivity contribution in [2.24, 2.45) is 0 Å². The van der Waals surface area contributed by atoms with E-state index in [0.717, 1.165) is 42.4 Å². The summed E-state index contributed by atoms with van der Waals surface area (Å²) in [5.41, 5.74) is 2.28. The second kappa shape index (κ2) is 13.8. The summed E-state index contributed by atoms with van der Waals surface area (Å²) in [6.45, 7) is 4.51. The molecule has 1 unspecified atom stereocenters. The normalized spacial score (nSPS) is 16.7. The molecule has 7 nitrogen and oxygen atoms in total. The molecule has 9 heteroatoms. The number of benzene rings is 2. The van der Waals surface area contributed by atoms with Crippen LogP contribution in [0.15, 0.2) is 64.9 Å². The van der Waals surface area contributed by atoms with Gasteiger partial charge in [0, 0.05) is 37.3 Å². The number of hydrogen-bond acceptors (Lipinski definition) is 6. The Bertz CT molecular complexity index is 1200. The van der Waals surface area contributed by atoms with Gasteiger partial charge in [0.25, 0.3) is 0 Å². The Balaban J connectivity index is 1.56. The van der Waals surface area contributed by atoms with Crippen molar-refractivity contribution in [3.63, 3.8) is 0 Å². The lowest BCUT2D eigenvalue weighted by atomic mass is 9.96. The Morgan fingerprint density at radius 2 is 1.89 bits per heavy atom. The van der Waals surface area contributed by atoms with Crippen LogP contribution in [0.1, 0.15) is 51.5 Å². The topological polar surface area (TPSA) is 107 Å². The van der Waals surface area contributed by atoms with Gasteiger partial charge in [-0.05, 0) is 73.8 Å². The van der Waals surface area contributed by atoms with E-state index in [9.17, 15) is 18.3 Å². The molecule has 208 valence electrons. The fraction of sp³-hybridized carbons (Fsp3) is 0.483. The molecule has 0 saturated heterocycles. The average Bonchev–Trinajstić information content (AvgIpc) is 3.40. The van der Waals surface area contributed by atoms with E-state index in [4.69, 9.17) is 5.11 Å². The number of carboxylic acids is 1. The number of nitrogens with zero attached hydrogens (tertiary/aromatic N) is 1. The van der Waals surface area contributed by atoms with E-state index in [1.54, 1.807) is 18.2 Å². The molecule has 3 N–H and O–H groups in total. The molecule has 0 saturated carbocycles. The first kappa shape index (κ1) is 30.4. The molecule has 2 atom stereocenters. The van der Waals surface area contributed by atoms with Crippen molar-refractivity contribution < 1.29 is 23.4 Å². The van der Waals surface area contributed by atoms with Gasteiger partial charge in [0.05, 0.1) is 11.0 Å². The molecule has 2 aromatic carbocycles. The van der Waals surface area contributed by atoms with Gasteiger partial charge in [0.2, 0.25) is 10.0 Å². The second-order valence-corrected chi connectivity index (χ2v) is 13.8. The zero-order chi connectivity index (χ0) is 27.8. The standard InChI is InChI=1S/C29H40N2O5S2/c1-29(2,16-6-11-26-12-7-17-37-26)30-20-25(32)21-31(3)38(35,36)27-13-5-10-24(19-27)23-9-4-8-22(18-23)14-15-28(33)34/h4-5,7-10,13,17-19,25-26,30,32H,6,11-12,14-16,20-21H2,1-3H3,(H,33,34)/t25-,26?/m1/s1. The highest BCUT2D eigenvalue weighted by Gasteiger charge is 2.25. The van der Waals surface area contributed by atoms with E-state index in [1.165, 1.54) is 11.4 Å². The Morgan fingerprint density at radius 1 is 1.18 bits per heavy atom. The summed E-state index contributed by atoms with van der Waals surface area (Å²) < 4.78 is 27.8. The molecule has 1 aliphatic heterocycles. The molecular formula is C29H40N2O5S2. The van der Waals surface area contributed by atoms with Gasteiger partial charge >= 0.3 is 5.97 Å². The number of aliphatic hydroxyl groups excluding tert-OH is 1. The number of likely N-dealkylation sites (N-methyl/N-ethyl adjacent to an activating group) is 1. The Labute approximate surface area is 231 Å². The Kier molecular flexibility index (Phi) is 11.0. The lowest BCUT2D eigenvalue weighted by Gasteiger charge is -2.29. The third-order valence-corrected chi connectivity index (χ3v) is 9.79. The molecule has 0 aromatic heterocycles. The first-order valence-electron chi connectivity index (χ1n) is 13.1. The molecular weight excluding hydrogens is 520 g/mol. The number of rotatable bonds is 15. The maximum absolute atomic E-state index is 13.3. The molecule has 0 spiro atoms. The van der Waals surface area contributed by atoms with Crippen LogP contribution in [0, 0.1) is 0 Å². The molecule has 0 amide bonds. The third-order valence-electron chi connectivity index (χ3n) is 6.81. The number of aliphatic carboxylic acids is 1. The Hall–Kier alpha value is -2.17. The van der Waals surface area contributed by atoms with Crippen LogP contribution in [0.3, 0.4) is 0 Å². The van der Waals surface area contributed by atoms with E-state index in [2.05, 4.69) is 30.6 Å². The smallest absolute Gasteiger partial charge is 0.303 e. The van der Waals surface area contributed by atoms with Gasteiger partial charge < -0.3 is 15.5 Å². The summed E-state index contributed by atoms with van der Waals surface area (Å²) in [6, 6.07) is 14.2. The van der Waals surface area contributed by atoms with Crippen LogP contribution in [0.4, 0.5) is 0 Å². The first-order valence-corrected chi connectivity index (χ1v) is 15.5. The van der Waals surface area contributed by atoms with Crippen LogP contribution >= 0.6 is 11.8 Å². The maximum Gasteiger partial charge on any atom is 0.303 e. The molecule has 1 aliphatic rings. The lowest BCUT2D eigenvalue weighted by Crippen LogP contribution is -2.46. The quantitative estimate of drug-likeness (QED) is 0.284. The number of nitrogens with one attached hydrogen (secondary N) is 1. The number of aliphatic hydroxyl groups is 1. The van der Waals surface area contributed by atoms with Crippen LogP contribution in [0.25, 0.3) is 11.1 Å². The van der Waals surface area contributed by atoms with Gasteiger partial charge in [0.15, 0.2) is 0 Å². The number of hydrogen-bond donors (Lipinski definition) is 3. The predicted molar refractivity (Wildman–Crippen MR) is 155 cm³/mol. The first-order chi connectivity index (χ1) is 18.0. The number of thioether (sulfide) groups is 1. The minimum atomic E-state index is -3.81. The largest absolute Gasteiger partial charge is 0.481 e. The fourth-order valence-corrected chi connectivity index (χ4v) is 6.73. The van der Waals surface area contributed by atoms with Crippen LogP contribution in [0.5, 0.6) is 0 Å². The molecule has 0 radical (unpaired) electrons. The molecule has 38 heavy (non-hydrogen) atoms. The van der Waals surface area contributed by atoms with E-state index >= 15 is 0 Å². The summed E-state index contributed by atoms with van der Waals surface area (Å²) in [6.07, 6.45) is 6.20. The second-order valence-electron chi connectivity index (χ2n) is 10.6. The number of sulfonamides is 1. The van der Waals surface area contributed by atoms with Crippen molar-refractivity contribution >= 4 is 27.8 Å². The number of allylic oxidation sites excluding steroid dienone is 1. The van der Waals surface area contributed by atoms with Crippen LogP contribution in [0.2, 0.25) is 0 Å². The minimum Gasteiger partial charge on any atom is -0.481 e. The fourth-order valence-electron chi connectivity index (χ4n) is 4.50. The highest BCUT2D eigenvalue weighted by Crippen LogP contribution is 2.29. The van der Waals surface area contributed by atoms with Crippen LogP contribution in [-0.4, -0.2) is 65.9 Å². The van der Waals surface area contributed by atoms with Crippen LogP contribution < -0.4 is 5.32 Å². The number of β-amino-alcohol motifs (C(OH)–C–C–N with tert-alkyl or cyclic N) is 1. The van der Waals surface area contributed by atoms with E-state index < -0.39 is 22.1 Å². The van der Waals surface area contributed by atoms with Gasteiger partial charge in [-0.25, -0.2) is 8.42 Å². The highest BCUT2D eigenvalue weighted by molar-refractivity contribution is 8.03. The van der Waals surface area contributed by atoms with Crippen molar-refractivity contribution in [2.75, 3.05) is 20.1 Å². The van der Waals surface area contributed by atoms with Crippen LogP contribution in [-0.2, 0) is 21.2 Å². The predicted octanol–water partition coefficient (Wildman–Crippen LogP) is 4.91. The van der Waals surface area contributed by atoms with Crippen molar-refractivity contribution in [1.82, 2.24) is 9.62 Å². The maximum atomic E-state index is 13.3. The lowest BCUT2D eigenvalue weighted by molar-refractivity contribution is -0.136. The average molecular weight is 561 g/mol. The van der Waals surface area contributed by atoms with E-state index in [0.29, 0.717) is 18.2 Å². The summed E-state index contributed by atoms with van der Waals surface area (Å²) in [7, 11) is -2.33. The number of aryl methyl sites for hydroxylation is 1. The molecule has 3 rings (SSSR count). The van der Waals surface area contributed by atoms with Gasteiger partial charge in [-0.3, -0.25) is 4.79 Å². The zero-order valence-corrected chi connectivity index (χ0v) is 24.1. The van der Waals surface area contributed by atoms with Gasteiger partial charge in [-0.15, -0.1) is 11.8 Å². The van der Waals surface area contributed by atoms with Crippen molar-refractivity contribution in [3.05, 3.63) is 65.6 Å². The summed E-state index contributed by atoms with van der Waals surface area (Å²) in [5, 5.41) is 25.8. The third kappa shape index (κ3) is 9.24. The Morgan fingerprint density at radius 3 is 2.58 bits per heavy atom. The molecule has 0 fully saturated rings. The number of carbonyl (C=O) groups is 1. The zero-order valence-electron chi connectivity index (χ0n) is 22.5. The molecule has 0 aliphatic carbocycles. The molecule has 1 heterocycles. The van der Waals surface area contributed by atoms with Gasteiger partial charge in [-0.1, -0.05) is 48.9 Å². The highest BCUT2D eigenvalue weighted by atomic mass is 32.2. The summed E-state index contributed by atoms with van der Waals surface area (Å²) in [5.74, 6) is -0.858. The van der Waals surface area contributed by atoms with E-state index in [-0.39, 0.29) is 23.4 Å². The minimum absolute atomic E-state index is 0.0231. The summed E-state index contributed by atoms with van der Waals surface area (Å²) >= 11 is 1.90. The van der Waals surface area contributed by atoms with Crippen molar-refractivity contribution in [2.45, 2.75) is 74.2 Å². The number of carboxylic acid groups (broad SMARTS) is 1. The monoisotopic (exact) mass is 560 g/mol. The molecule has 2 aromatic rings. The van der Waals surface area contributed by atoms with Crippen molar-refractivity contribution in [1.29, 1.82) is 0 Å². The summed E-state index contributed by atoms with van der Waals surface area (Å²) in [4.78, 5) is 11.1. The molecule has 0 bridgehead atoms.